The minimum absolute atomic E-state index is 0.0371. The molecule has 0 amide bonds. The van der Waals surface area contributed by atoms with Crippen molar-refractivity contribution in [1.29, 1.82) is 0 Å². The van der Waals surface area contributed by atoms with Crippen LogP contribution in [0, 0.1) is 0 Å². The minimum Gasteiger partial charge on any atom is -0.399 e. The van der Waals surface area contributed by atoms with Gasteiger partial charge in [0.2, 0.25) is 0 Å². The number of rotatable bonds is 1. The molecule has 2 N–H and O–H groups in total. The highest BCUT2D eigenvalue weighted by Crippen LogP contribution is 2.43. The van der Waals surface area contributed by atoms with Gasteiger partial charge in [-0.2, -0.15) is 0 Å². The summed E-state index contributed by atoms with van der Waals surface area (Å²) >= 11 is 12.4. The fourth-order valence-corrected chi connectivity index (χ4v) is 6.11. The molecule has 0 atom stereocenters. The maximum absolute atomic E-state index is 13.9. The van der Waals surface area contributed by atoms with Gasteiger partial charge in [0.05, 0.1) is 10.0 Å². The van der Waals surface area contributed by atoms with E-state index in [1.807, 2.05) is 48.5 Å². The lowest BCUT2D eigenvalue weighted by atomic mass is 9.77. The number of fused-ring (bicyclic) bond motifs is 6. The summed E-state index contributed by atoms with van der Waals surface area (Å²) in [6.45, 7) is 0. The SMILES string of the molecule is Nc1ccc2c3c(cc(-c4cccc5c4C(=O)c4cc(Cl)c(Cl)cc4C5=O)c2c1)Cc1ccccc1C3=O. The molecule has 0 fully saturated rings. The van der Waals surface area contributed by atoms with Gasteiger partial charge in [-0.3, -0.25) is 14.4 Å². The van der Waals surface area contributed by atoms with E-state index in [1.54, 1.807) is 18.2 Å². The third kappa shape index (κ3) is 3.14. The van der Waals surface area contributed by atoms with Crippen LogP contribution < -0.4 is 5.73 Å². The summed E-state index contributed by atoms with van der Waals surface area (Å²) in [5.41, 5.74) is 12.3. The topological polar surface area (TPSA) is 77.2 Å². The van der Waals surface area contributed by atoms with Gasteiger partial charge in [-0.25, -0.2) is 0 Å². The van der Waals surface area contributed by atoms with Gasteiger partial charge in [-0.05, 0) is 69.8 Å². The lowest BCUT2D eigenvalue weighted by Gasteiger charge is -2.25. The van der Waals surface area contributed by atoms with Crippen LogP contribution in [0.15, 0.2) is 78.9 Å². The van der Waals surface area contributed by atoms with Crippen molar-refractivity contribution in [2.24, 2.45) is 0 Å². The molecular formula is C32H17Cl2NO3. The number of ketones is 3. The molecule has 0 unspecified atom stereocenters. The molecule has 5 aromatic carbocycles. The maximum Gasteiger partial charge on any atom is 0.195 e. The van der Waals surface area contributed by atoms with E-state index in [0.717, 1.165) is 27.5 Å². The number of anilines is 1. The van der Waals surface area contributed by atoms with E-state index in [-0.39, 0.29) is 38.5 Å². The molecule has 2 aliphatic rings. The number of hydrogen-bond donors (Lipinski definition) is 1. The first-order valence-electron chi connectivity index (χ1n) is 12.0. The average Bonchev–Trinajstić information content (AvgIpc) is 2.92. The molecule has 4 nitrogen and oxygen atoms in total. The van der Waals surface area contributed by atoms with Crippen molar-refractivity contribution in [3.8, 4) is 11.1 Å². The van der Waals surface area contributed by atoms with Gasteiger partial charge in [-0.1, -0.05) is 71.7 Å². The Labute approximate surface area is 227 Å². The van der Waals surface area contributed by atoms with Crippen LogP contribution in [0.5, 0.6) is 0 Å². The summed E-state index contributed by atoms with van der Waals surface area (Å²) in [7, 11) is 0. The Kier molecular flexibility index (Phi) is 4.90. The zero-order chi connectivity index (χ0) is 26.3. The largest absolute Gasteiger partial charge is 0.399 e. The molecule has 7 rings (SSSR count). The lowest BCUT2D eigenvalue weighted by molar-refractivity contribution is 0.0979. The maximum atomic E-state index is 13.9. The third-order valence-corrected chi connectivity index (χ3v) is 8.21. The smallest absolute Gasteiger partial charge is 0.195 e. The number of halogens is 2. The molecular weight excluding hydrogens is 517 g/mol. The Balaban J connectivity index is 1.53. The van der Waals surface area contributed by atoms with Gasteiger partial charge in [0.1, 0.15) is 0 Å². The van der Waals surface area contributed by atoms with Gasteiger partial charge in [0.25, 0.3) is 0 Å². The minimum atomic E-state index is -0.306. The van der Waals surface area contributed by atoms with E-state index in [0.29, 0.717) is 39.9 Å². The van der Waals surface area contributed by atoms with Crippen LogP contribution in [0.2, 0.25) is 10.0 Å². The summed E-state index contributed by atoms with van der Waals surface area (Å²) in [6.07, 6.45) is 0.573. The molecule has 0 spiro atoms. The van der Waals surface area contributed by atoms with E-state index in [1.165, 1.54) is 12.1 Å². The molecule has 0 aromatic heterocycles. The zero-order valence-corrected chi connectivity index (χ0v) is 21.3. The first-order chi connectivity index (χ1) is 18.3. The number of benzene rings is 5. The van der Waals surface area contributed by atoms with Crippen molar-refractivity contribution in [2.45, 2.75) is 6.42 Å². The second-order valence-electron chi connectivity index (χ2n) is 9.62. The summed E-state index contributed by atoms with van der Waals surface area (Å²) in [6, 6.07) is 23.2. The van der Waals surface area contributed by atoms with Crippen molar-refractivity contribution in [2.75, 3.05) is 5.73 Å². The van der Waals surface area contributed by atoms with Crippen LogP contribution in [-0.4, -0.2) is 17.3 Å². The quantitative estimate of drug-likeness (QED) is 0.224. The highest BCUT2D eigenvalue weighted by molar-refractivity contribution is 6.43. The van der Waals surface area contributed by atoms with Gasteiger partial charge >= 0.3 is 0 Å². The van der Waals surface area contributed by atoms with Gasteiger partial charge in [-0.15, -0.1) is 0 Å². The predicted octanol–water partition coefficient (Wildman–Crippen LogP) is 7.31. The highest BCUT2D eigenvalue weighted by Gasteiger charge is 2.34. The van der Waals surface area contributed by atoms with E-state index >= 15 is 0 Å². The molecule has 0 saturated carbocycles. The summed E-state index contributed by atoms with van der Waals surface area (Å²) in [5, 5.41) is 1.92. The summed E-state index contributed by atoms with van der Waals surface area (Å²) < 4.78 is 0. The average molecular weight is 534 g/mol. The lowest BCUT2D eigenvalue weighted by Crippen LogP contribution is -2.22. The number of nitrogens with two attached hydrogens (primary N) is 1. The van der Waals surface area contributed by atoms with Crippen LogP contribution in [0.25, 0.3) is 21.9 Å². The van der Waals surface area contributed by atoms with Crippen LogP contribution in [0.3, 0.4) is 0 Å². The molecule has 0 aliphatic heterocycles. The highest BCUT2D eigenvalue weighted by atomic mass is 35.5. The normalized spacial score (nSPS) is 13.7. The molecule has 5 aromatic rings. The molecule has 182 valence electrons. The number of nitrogen functional groups attached to an aromatic ring is 1. The van der Waals surface area contributed by atoms with Crippen LogP contribution in [0.4, 0.5) is 5.69 Å². The molecule has 0 bridgehead atoms. The second-order valence-corrected chi connectivity index (χ2v) is 10.4. The number of carbonyl (C=O) groups excluding carboxylic acids is 3. The van der Waals surface area contributed by atoms with Crippen LogP contribution in [0.1, 0.15) is 58.9 Å². The number of carbonyl (C=O) groups is 3. The van der Waals surface area contributed by atoms with Crippen LogP contribution >= 0.6 is 23.2 Å². The second kappa shape index (κ2) is 8.12. The van der Waals surface area contributed by atoms with E-state index in [4.69, 9.17) is 28.9 Å². The molecule has 38 heavy (non-hydrogen) atoms. The van der Waals surface area contributed by atoms with E-state index in [2.05, 4.69) is 0 Å². The van der Waals surface area contributed by atoms with Gasteiger partial charge in [0, 0.05) is 39.1 Å². The van der Waals surface area contributed by atoms with Gasteiger partial charge in [0.15, 0.2) is 17.3 Å². The van der Waals surface area contributed by atoms with Crippen molar-refractivity contribution >= 4 is 57.0 Å². The number of hydrogen-bond acceptors (Lipinski definition) is 4. The molecule has 6 heteroatoms. The molecule has 0 radical (unpaired) electrons. The Morgan fingerprint density at radius 3 is 1.97 bits per heavy atom. The Bertz CT molecular complexity index is 1940. The fraction of sp³-hybridized carbons (Fsp3) is 0.0312. The van der Waals surface area contributed by atoms with Crippen LogP contribution in [-0.2, 0) is 6.42 Å². The van der Waals surface area contributed by atoms with E-state index < -0.39 is 0 Å². The Hall–Kier alpha value is -4.25. The zero-order valence-electron chi connectivity index (χ0n) is 19.8. The predicted molar refractivity (Wildman–Crippen MR) is 150 cm³/mol. The standard InChI is InChI=1S/C32H17Cl2NO3/c33-26-13-24-25(14-27(26)34)32(38)29-19(6-3-7-21(29)30(24)36)22-11-16-10-15-4-1-2-5-18(15)31(37)28(16)20-9-8-17(35)12-23(20)22/h1-9,11-14H,10,35H2. The van der Waals surface area contributed by atoms with Crippen molar-refractivity contribution in [1.82, 2.24) is 0 Å². The van der Waals surface area contributed by atoms with E-state index in [9.17, 15) is 14.4 Å². The molecule has 0 saturated heterocycles. The monoisotopic (exact) mass is 533 g/mol. The Morgan fingerprint density at radius 2 is 1.18 bits per heavy atom. The summed E-state index contributed by atoms with van der Waals surface area (Å²) in [4.78, 5) is 41.0. The fourth-order valence-electron chi connectivity index (χ4n) is 5.78. The van der Waals surface area contributed by atoms with Crippen molar-refractivity contribution < 1.29 is 14.4 Å². The molecule has 2 aliphatic carbocycles. The van der Waals surface area contributed by atoms with Gasteiger partial charge < -0.3 is 5.73 Å². The first-order valence-corrected chi connectivity index (χ1v) is 12.8. The first kappa shape index (κ1) is 22.9. The van der Waals surface area contributed by atoms with Crippen molar-refractivity contribution in [3.05, 3.63) is 133 Å². The Morgan fingerprint density at radius 1 is 0.526 bits per heavy atom. The molecule has 0 heterocycles. The summed E-state index contributed by atoms with van der Waals surface area (Å²) in [5.74, 6) is -0.633. The van der Waals surface area contributed by atoms with Crippen molar-refractivity contribution in [3.63, 3.8) is 0 Å². The third-order valence-electron chi connectivity index (χ3n) is 7.49.